The van der Waals surface area contributed by atoms with Gasteiger partial charge in [-0.3, -0.25) is 0 Å². The summed E-state index contributed by atoms with van der Waals surface area (Å²) >= 11 is 6.13. The van der Waals surface area contributed by atoms with E-state index in [0.717, 1.165) is 6.07 Å². The van der Waals surface area contributed by atoms with Crippen molar-refractivity contribution in [2.45, 2.75) is 12.5 Å². The molecule has 2 aromatic rings. The van der Waals surface area contributed by atoms with E-state index in [1.54, 1.807) is 6.07 Å². The standard InChI is InChI=1S/C14H10Br2F3N/c15-7-1-2-8(12(18)5-7)13(20)6-9-11(17)4-3-10(16)14(9)19/h1-5,13H,6,20H2. The van der Waals surface area contributed by atoms with E-state index in [1.807, 2.05) is 0 Å². The highest BCUT2D eigenvalue weighted by Gasteiger charge is 2.18. The molecule has 106 valence electrons. The van der Waals surface area contributed by atoms with Crippen LogP contribution in [0.5, 0.6) is 0 Å². The van der Waals surface area contributed by atoms with Gasteiger partial charge in [0, 0.05) is 21.6 Å². The normalized spacial score (nSPS) is 12.5. The van der Waals surface area contributed by atoms with Gasteiger partial charge in [0.15, 0.2) is 0 Å². The zero-order chi connectivity index (χ0) is 14.9. The van der Waals surface area contributed by atoms with E-state index in [0.29, 0.717) is 4.47 Å². The average Bonchev–Trinajstić information content (AvgIpc) is 2.39. The molecule has 0 heterocycles. The zero-order valence-electron chi connectivity index (χ0n) is 10.1. The van der Waals surface area contributed by atoms with Crippen molar-refractivity contribution in [3.05, 3.63) is 67.9 Å². The molecule has 0 amide bonds. The van der Waals surface area contributed by atoms with Crippen LogP contribution < -0.4 is 5.73 Å². The van der Waals surface area contributed by atoms with Crippen LogP contribution in [-0.4, -0.2) is 0 Å². The minimum atomic E-state index is -0.832. The third-order valence-corrected chi connectivity index (χ3v) is 4.03. The summed E-state index contributed by atoms with van der Waals surface area (Å²) in [5.74, 6) is -1.92. The van der Waals surface area contributed by atoms with Gasteiger partial charge in [-0.25, -0.2) is 13.2 Å². The predicted octanol–water partition coefficient (Wildman–Crippen LogP) is 4.87. The summed E-state index contributed by atoms with van der Waals surface area (Å²) in [5, 5.41) is 0. The molecule has 0 aliphatic heterocycles. The number of halogens is 5. The Morgan fingerprint density at radius 1 is 1.00 bits per heavy atom. The van der Waals surface area contributed by atoms with Gasteiger partial charge in [0.25, 0.3) is 0 Å². The highest BCUT2D eigenvalue weighted by Crippen LogP contribution is 2.27. The van der Waals surface area contributed by atoms with Crippen LogP contribution in [0.3, 0.4) is 0 Å². The molecule has 1 unspecified atom stereocenters. The van der Waals surface area contributed by atoms with Crippen molar-refractivity contribution >= 4 is 31.9 Å². The van der Waals surface area contributed by atoms with Gasteiger partial charge < -0.3 is 5.73 Å². The Balaban J connectivity index is 2.32. The second-order valence-corrected chi connectivity index (χ2v) is 6.07. The van der Waals surface area contributed by atoms with Crippen LogP contribution in [0.25, 0.3) is 0 Å². The summed E-state index contributed by atoms with van der Waals surface area (Å²) in [6, 6.07) is 5.99. The van der Waals surface area contributed by atoms with Gasteiger partial charge in [0.2, 0.25) is 0 Å². The lowest BCUT2D eigenvalue weighted by Gasteiger charge is -2.15. The summed E-state index contributed by atoms with van der Waals surface area (Å²) < 4.78 is 42.0. The van der Waals surface area contributed by atoms with Gasteiger partial charge in [-0.2, -0.15) is 0 Å². The molecule has 0 spiro atoms. The maximum Gasteiger partial charge on any atom is 0.143 e. The fourth-order valence-corrected chi connectivity index (χ4v) is 2.59. The van der Waals surface area contributed by atoms with Crippen molar-refractivity contribution in [2.24, 2.45) is 5.73 Å². The smallest absolute Gasteiger partial charge is 0.143 e. The molecule has 20 heavy (non-hydrogen) atoms. The number of benzene rings is 2. The van der Waals surface area contributed by atoms with E-state index in [1.165, 1.54) is 18.2 Å². The van der Waals surface area contributed by atoms with Gasteiger partial charge in [-0.05, 0) is 46.6 Å². The van der Waals surface area contributed by atoms with Crippen molar-refractivity contribution in [3.8, 4) is 0 Å². The fourth-order valence-electron chi connectivity index (χ4n) is 1.89. The first-order valence-electron chi connectivity index (χ1n) is 5.73. The van der Waals surface area contributed by atoms with E-state index in [2.05, 4.69) is 31.9 Å². The third-order valence-electron chi connectivity index (χ3n) is 2.92. The number of rotatable bonds is 3. The topological polar surface area (TPSA) is 26.0 Å². The number of nitrogens with two attached hydrogens (primary N) is 1. The molecule has 2 aromatic carbocycles. The van der Waals surface area contributed by atoms with E-state index in [-0.39, 0.29) is 22.0 Å². The molecule has 0 saturated heterocycles. The Bertz CT molecular complexity index is 647. The van der Waals surface area contributed by atoms with Gasteiger partial charge in [-0.1, -0.05) is 22.0 Å². The van der Waals surface area contributed by atoms with E-state index in [4.69, 9.17) is 5.73 Å². The fraction of sp³-hybridized carbons (Fsp3) is 0.143. The van der Waals surface area contributed by atoms with Gasteiger partial charge >= 0.3 is 0 Å². The molecule has 0 saturated carbocycles. The average molecular weight is 409 g/mol. The second kappa shape index (κ2) is 6.28. The van der Waals surface area contributed by atoms with Crippen molar-refractivity contribution in [1.82, 2.24) is 0 Å². The van der Waals surface area contributed by atoms with E-state index in [9.17, 15) is 13.2 Å². The Labute approximate surface area is 131 Å². The Hall–Kier alpha value is -0.850. The van der Waals surface area contributed by atoms with Crippen LogP contribution in [0.4, 0.5) is 13.2 Å². The highest BCUT2D eigenvalue weighted by atomic mass is 79.9. The van der Waals surface area contributed by atoms with Gasteiger partial charge in [-0.15, -0.1) is 0 Å². The number of hydrogen-bond donors (Lipinski definition) is 1. The Morgan fingerprint density at radius 3 is 2.35 bits per heavy atom. The van der Waals surface area contributed by atoms with Crippen molar-refractivity contribution in [2.75, 3.05) is 0 Å². The molecular formula is C14H10Br2F3N. The molecule has 0 aromatic heterocycles. The molecule has 2 N–H and O–H groups in total. The largest absolute Gasteiger partial charge is 0.324 e. The Kier molecular flexibility index (Phi) is 4.88. The van der Waals surface area contributed by atoms with Crippen molar-refractivity contribution in [3.63, 3.8) is 0 Å². The Morgan fingerprint density at radius 2 is 1.70 bits per heavy atom. The summed E-state index contributed by atoms with van der Waals surface area (Å²) in [4.78, 5) is 0. The minimum Gasteiger partial charge on any atom is -0.324 e. The maximum atomic E-state index is 13.9. The SMILES string of the molecule is NC(Cc1c(F)ccc(Br)c1F)c1ccc(Br)cc1F. The van der Waals surface area contributed by atoms with Crippen LogP contribution >= 0.6 is 31.9 Å². The van der Waals surface area contributed by atoms with Crippen LogP contribution in [-0.2, 0) is 6.42 Å². The first kappa shape index (κ1) is 15.5. The third kappa shape index (κ3) is 3.24. The van der Waals surface area contributed by atoms with E-state index >= 15 is 0 Å². The lowest BCUT2D eigenvalue weighted by atomic mass is 9.98. The predicted molar refractivity (Wildman–Crippen MR) is 78.8 cm³/mol. The number of hydrogen-bond acceptors (Lipinski definition) is 1. The molecule has 6 heteroatoms. The van der Waals surface area contributed by atoms with Crippen LogP contribution in [0.2, 0.25) is 0 Å². The lowest BCUT2D eigenvalue weighted by Crippen LogP contribution is -2.17. The molecule has 1 atom stereocenters. The molecule has 1 nitrogen and oxygen atoms in total. The zero-order valence-corrected chi connectivity index (χ0v) is 13.3. The molecular weight excluding hydrogens is 399 g/mol. The van der Waals surface area contributed by atoms with Gasteiger partial charge in [0.05, 0.1) is 4.47 Å². The first-order chi connectivity index (χ1) is 9.40. The lowest BCUT2D eigenvalue weighted by molar-refractivity contribution is 0.525. The molecule has 0 radical (unpaired) electrons. The molecule has 2 rings (SSSR count). The monoisotopic (exact) mass is 407 g/mol. The van der Waals surface area contributed by atoms with Crippen molar-refractivity contribution in [1.29, 1.82) is 0 Å². The minimum absolute atomic E-state index is 0.129. The molecule has 0 bridgehead atoms. The maximum absolute atomic E-state index is 13.9. The second-order valence-electron chi connectivity index (χ2n) is 4.30. The first-order valence-corrected chi connectivity index (χ1v) is 7.31. The molecule has 0 aliphatic carbocycles. The van der Waals surface area contributed by atoms with Crippen LogP contribution in [0.1, 0.15) is 17.2 Å². The summed E-state index contributed by atoms with van der Waals surface area (Å²) in [6.07, 6.45) is -0.129. The van der Waals surface area contributed by atoms with E-state index < -0.39 is 23.5 Å². The van der Waals surface area contributed by atoms with Crippen LogP contribution in [0, 0.1) is 17.5 Å². The molecule has 0 fully saturated rings. The van der Waals surface area contributed by atoms with Crippen molar-refractivity contribution < 1.29 is 13.2 Å². The highest BCUT2D eigenvalue weighted by molar-refractivity contribution is 9.10. The molecule has 0 aliphatic rings. The summed E-state index contributed by atoms with van der Waals surface area (Å²) in [6.45, 7) is 0. The quantitative estimate of drug-likeness (QED) is 0.720. The van der Waals surface area contributed by atoms with Gasteiger partial charge in [0.1, 0.15) is 17.5 Å². The summed E-state index contributed by atoms with van der Waals surface area (Å²) in [5.41, 5.74) is 5.92. The summed E-state index contributed by atoms with van der Waals surface area (Å²) in [7, 11) is 0. The van der Waals surface area contributed by atoms with Crippen LogP contribution in [0.15, 0.2) is 39.3 Å².